The topological polar surface area (TPSA) is 150 Å². The van der Waals surface area contributed by atoms with Gasteiger partial charge in [-0.25, -0.2) is 0 Å². The Hall–Kier alpha value is -4.49. The van der Waals surface area contributed by atoms with Crippen LogP contribution >= 0.6 is 0 Å². The molecule has 46 heavy (non-hydrogen) atoms. The summed E-state index contributed by atoms with van der Waals surface area (Å²) in [7, 11) is 1.50. The third-order valence-corrected chi connectivity index (χ3v) is 7.96. The van der Waals surface area contributed by atoms with E-state index in [1.807, 2.05) is 30.3 Å². The van der Waals surface area contributed by atoms with E-state index in [-0.39, 0.29) is 49.9 Å². The standard InChI is InChI=1S/C33H44N6O7/c1-3-39-22-31(42)37(2)21-29(40)35-25(19-24-9-5-4-6-10-24)23-46-28-12-8-7-11-26(28)32(43)36-27(20-30(39)41)33(44)34-13-14-38-15-17-45-18-16-38/h4-12,25,27H,3,13-23H2,1-2H3,(H,34,44)(H,35,40)(H,36,43)/t25-,27+/m1/s1. The third-order valence-electron chi connectivity index (χ3n) is 7.96. The molecule has 2 atom stereocenters. The maximum absolute atomic E-state index is 13.6. The Labute approximate surface area is 269 Å². The first kappa shape index (κ1) is 34.4. The second-order valence-electron chi connectivity index (χ2n) is 11.4. The number of hydrogen-bond donors (Lipinski definition) is 3. The van der Waals surface area contributed by atoms with Gasteiger partial charge in [0.05, 0.1) is 44.3 Å². The van der Waals surface area contributed by atoms with Crippen LogP contribution in [0.4, 0.5) is 0 Å². The van der Waals surface area contributed by atoms with Crippen LogP contribution in [-0.2, 0) is 30.3 Å². The van der Waals surface area contributed by atoms with Crippen LogP contribution in [0.25, 0.3) is 0 Å². The molecule has 0 bridgehead atoms. The number of para-hydroxylation sites is 1. The average Bonchev–Trinajstić information content (AvgIpc) is 3.06. The van der Waals surface area contributed by atoms with Crippen molar-refractivity contribution in [1.29, 1.82) is 0 Å². The quantitative estimate of drug-likeness (QED) is 0.386. The van der Waals surface area contributed by atoms with Crippen molar-refractivity contribution in [3.8, 4) is 5.75 Å². The van der Waals surface area contributed by atoms with Crippen molar-refractivity contribution in [3.05, 3.63) is 65.7 Å². The Kier molecular flexibility index (Phi) is 12.9. The fourth-order valence-corrected chi connectivity index (χ4v) is 5.29. The molecule has 0 radical (unpaired) electrons. The monoisotopic (exact) mass is 636 g/mol. The number of amides is 5. The van der Waals surface area contributed by atoms with E-state index in [1.165, 1.54) is 16.8 Å². The highest BCUT2D eigenvalue weighted by molar-refractivity contribution is 6.01. The number of hydrogen-bond acceptors (Lipinski definition) is 8. The van der Waals surface area contributed by atoms with E-state index in [2.05, 4.69) is 20.9 Å². The molecule has 1 fully saturated rings. The molecule has 13 heteroatoms. The number of carbonyl (C=O) groups excluding carboxylic acids is 5. The molecule has 3 N–H and O–H groups in total. The largest absolute Gasteiger partial charge is 0.491 e. The van der Waals surface area contributed by atoms with Crippen LogP contribution < -0.4 is 20.7 Å². The van der Waals surface area contributed by atoms with Crippen molar-refractivity contribution < 1.29 is 33.4 Å². The van der Waals surface area contributed by atoms with Crippen LogP contribution in [0.15, 0.2) is 54.6 Å². The zero-order chi connectivity index (χ0) is 32.9. The molecular weight excluding hydrogens is 592 g/mol. The molecular formula is C33H44N6O7. The summed E-state index contributed by atoms with van der Waals surface area (Å²) in [5.41, 5.74) is 1.15. The SMILES string of the molecule is CCN1CC(=O)N(C)CC(=O)N[C@H](Cc2ccccc2)COc2ccccc2C(=O)N[C@H](C(=O)NCCN2CCOCC2)CC1=O. The molecule has 0 aromatic heterocycles. The van der Waals surface area contributed by atoms with Crippen LogP contribution in [0.1, 0.15) is 29.3 Å². The lowest BCUT2D eigenvalue weighted by atomic mass is 10.1. The molecule has 0 saturated carbocycles. The fraction of sp³-hybridized carbons (Fsp3) is 0.485. The van der Waals surface area contributed by atoms with Gasteiger partial charge in [-0.1, -0.05) is 42.5 Å². The minimum atomic E-state index is -1.20. The van der Waals surface area contributed by atoms with Gasteiger partial charge in [0.2, 0.25) is 23.6 Å². The molecule has 0 unspecified atom stereocenters. The van der Waals surface area contributed by atoms with Crippen molar-refractivity contribution in [1.82, 2.24) is 30.7 Å². The zero-order valence-electron chi connectivity index (χ0n) is 26.5. The Bertz CT molecular complexity index is 1350. The van der Waals surface area contributed by atoms with Gasteiger partial charge in [0, 0.05) is 39.8 Å². The Morgan fingerprint density at radius 3 is 2.39 bits per heavy atom. The number of likely N-dealkylation sites (N-methyl/N-ethyl adjacent to an activating group) is 2. The van der Waals surface area contributed by atoms with Gasteiger partial charge in [0.1, 0.15) is 18.4 Å². The van der Waals surface area contributed by atoms with Gasteiger partial charge in [-0.15, -0.1) is 0 Å². The summed E-state index contributed by atoms with van der Waals surface area (Å²) in [6, 6.07) is 14.5. The number of nitrogens with zero attached hydrogens (tertiary/aromatic N) is 3. The van der Waals surface area contributed by atoms with Crippen molar-refractivity contribution in [2.75, 3.05) is 72.7 Å². The predicted octanol–water partition coefficient (Wildman–Crippen LogP) is 0.0503. The lowest BCUT2D eigenvalue weighted by Gasteiger charge is -2.27. The van der Waals surface area contributed by atoms with E-state index in [4.69, 9.17) is 9.47 Å². The molecule has 0 spiro atoms. The molecule has 2 aliphatic heterocycles. The van der Waals surface area contributed by atoms with Gasteiger partial charge < -0.3 is 35.2 Å². The number of morpholine rings is 1. The highest BCUT2D eigenvalue weighted by Gasteiger charge is 2.29. The summed E-state index contributed by atoms with van der Waals surface area (Å²) in [5, 5.41) is 8.53. The highest BCUT2D eigenvalue weighted by Crippen LogP contribution is 2.19. The second kappa shape index (κ2) is 17.3. The van der Waals surface area contributed by atoms with Crippen molar-refractivity contribution in [2.45, 2.75) is 31.8 Å². The average molecular weight is 637 g/mol. The number of benzene rings is 2. The Morgan fingerprint density at radius 1 is 0.935 bits per heavy atom. The van der Waals surface area contributed by atoms with Crippen LogP contribution in [0.5, 0.6) is 5.75 Å². The molecule has 248 valence electrons. The summed E-state index contributed by atoms with van der Waals surface area (Å²) in [4.78, 5) is 71.3. The maximum atomic E-state index is 13.6. The zero-order valence-corrected chi connectivity index (χ0v) is 26.5. The normalized spacial score (nSPS) is 21.0. The minimum absolute atomic E-state index is 0.0378. The number of nitrogens with one attached hydrogen (secondary N) is 3. The van der Waals surface area contributed by atoms with E-state index >= 15 is 0 Å². The van der Waals surface area contributed by atoms with E-state index in [1.54, 1.807) is 31.2 Å². The molecule has 13 nitrogen and oxygen atoms in total. The first-order chi connectivity index (χ1) is 22.2. The number of rotatable bonds is 7. The number of fused-ring (bicyclic) bond motifs is 1. The molecule has 2 aromatic carbocycles. The molecule has 5 amide bonds. The van der Waals surface area contributed by atoms with E-state index < -0.39 is 35.7 Å². The van der Waals surface area contributed by atoms with Crippen molar-refractivity contribution in [2.24, 2.45) is 0 Å². The number of carbonyl (C=O) groups is 5. The van der Waals surface area contributed by atoms with Gasteiger partial charge in [-0.2, -0.15) is 0 Å². The summed E-state index contributed by atoms with van der Waals surface area (Å²) in [6.07, 6.45) is 0.0893. The van der Waals surface area contributed by atoms with E-state index in [0.29, 0.717) is 32.7 Å². The highest BCUT2D eigenvalue weighted by atomic mass is 16.5. The minimum Gasteiger partial charge on any atom is -0.491 e. The molecule has 0 aliphatic carbocycles. The van der Waals surface area contributed by atoms with Gasteiger partial charge in [0.15, 0.2) is 0 Å². The fourth-order valence-electron chi connectivity index (χ4n) is 5.29. The summed E-state index contributed by atoms with van der Waals surface area (Å²) in [6.45, 7) is 5.13. The molecule has 1 saturated heterocycles. The smallest absolute Gasteiger partial charge is 0.255 e. The van der Waals surface area contributed by atoms with Gasteiger partial charge in [0.25, 0.3) is 5.91 Å². The van der Waals surface area contributed by atoms with E-state index in [9.17, 15) is 24.0 Å². The molecule has 2 aromatic rings. The molecule has 2 aliphatic rings. The predicted molar refractivity (Wildman–Crippen MR) is 170 cm³/mol. The third kappa shape index (κ3) is 10.3. The summed E-state index contributed by atoms with van der Waals surface area (Å²) >= 11 is 0. The Morgan fingerprint density at radius 2 is 1.65 bits per heavy atom. The molecule has 2 heterocycles. The van der Waals surface area contributed by atoms with E-state index in [0.717, 1.165) is 18.7 Å². The summed E-state index contributed by atoms with van der Waals surface area (Å²) in [5.74, 6) is -2.16. The first-order valence-electron chi connectivity index (χ1n) is 15.7. The van der Waals surface area contributed by atoms with Crippen molar-refractivity contribution >= 4 is 29.5 Å². The van der Waals surface area contributed by atoms with Crippen LogP contribution in [-0.4, -0.2) is 129 Å². The van der Waals surface area contributed by atoms with Crippen molar-refractivity contribution in [3.63, 3.8) is 0 Å². The maximum Gasteiger partial charge on any atom is 0.255 e. The van der Waals surface area contributed by atoms with Gasteiger partial charge in [-0.3, -0.25) is 28.9 Å². The van der Waals surface area contributed by atoms with Gasteiger partial charge >= 0.3 is 0 Å². The lowest BCUT2D eigenvalue weighted by molar-refractivity contribution is -0.142. The lowest BCUT2D eigenvalue weighted by Crippen LogP contribution is -2.52. The Balaban J connectivity index is 1.57. The van der Waals surface area contributed by atoms with Gasteiger partial charge in [-0.05, 0) is 31.0 Å². The number of ether oxygens (including phenoxy) is 2. The first-order valence-corrected chi connectivity index (χ1v) is 15.7. The summed E-state index contributed by atoms with van der Waals surface area (Å²) < 4.78 is 11.5. The molecule has 4 rings (SSSR count). The van der Waals surface area contributed by atoms with Crippen LogP contribution in [0.2, 0.25) is 0 Å². The second-order valence-corrected chi connectivity index (χ2v) is 11.4. The van der Waals surface area contributed by atoms with Crippen LogP contribution in [0.3, 0.4) is 0 Å². The van der Waals surface area contributed by atoms with Crippen LogP contribution in [0, 0.1) is 0 Å².